The third-order valence-corrected chi connectivity index (χ3v) is 9.49. The molecule has 244 valence electrons. The van der Waals surface area contributed by atoms with Gasteiger partial charge in [-0.15, -0.1) is 11.8 Å². The van der Waals surface area contributed by atoms with Gasteiger partial charge in [-0.25, -0.2) is 4.98 Å². The minimum Gasteiger partial charge on any atom is -0.611 e. The average Bonchev–Trinajstić information content (AvgIpc) is 3.49. The molecule has 0 saturated carbocycles. The molecule has 46 heavy (non-hydrogen) atoms. The van der Waals surface area contributed by atoms with E-state index in [0.29, 0.717) is 34.8 Å². The van der Waals surface area contributed by atoms with Gasteiger partial charge in [-0.2, -0.15) is 0 Å². The fourth-order valence-corrected chi connectivity index (χ4v) is 6.73. The lowest BCUT2D eigenvalue weighted by molar-refractivity contribution is -0.111. The van der Waals surface area contributed by atoms with Crippen LogP contribution in [0.2, 0.25) is 0 Å². The molecule has 0 bridgehead atoms. The Morgan fingerprint density at radius 1 is 1.00 bits per heavy atom. The maximum atomic E-state index is 13.0. The van der Waals surface area contributed by atoms with E-state index >= 15 is 0 Å². The van der Waals surface area contributed by atoms with Crippen molar-refractivity contribution in [2.45, 2.75) is 74.3 Å². The number of carbonyl (C=O) groups is 1. The van der Waals surface area contributed by atoms with Crippen LogP contribution < -0.4 is 10.1 Å². The van der Waals surface area contributed by atoms with Crippen LogP contribution in [0.1, 0.15) is 58.2 Å². The number of imidazole rings is 1. The topological polar surface area (TPSA) is 88.4 Å². The van der Waals surface area contributed by atoms with Crippen LogP contribution >= 0.6 is 11.8 Å². The number of carbonyl (C=O) groups excluding carboxylic acids is 1. The zero-order chi connectivity index (χ0) is 32.7. The Labute approximate surface area is 281 Å². The van der Waals surface area contributed by atoms with Crippen molar-refractivity contribution in [3.8, 4) is 16.9 Å². The van der Waals surface area contributed by atoms with E-state index in [2.05, 4.69) is 68.3 Å². The highest BCUT2D eigenvalue weighted by molar-refractivity contribution is 8.00. The molecule has 1 N–H and O–H groups in total. The zero-order valence-electron chi connectivity index (χ0n) is 27.2. The first-order valence-electron chi connectivity index (χ1n) is 15.9. The summed E-state index contributed by atoms with van der Waals surface area (Å²) in [6, 6.07) is 21.6. The number of benzene rings is 3. The number of nitrogens with zero attached hydrogens (tertiary/aromatic N) is 2. The van der Waals surface area contributed by atoms with Gasteiger partial charge in [-0.3, -0.25) is 4.79 Å². The number of unbranched alkanes of at least 4 members (excludes halogenated alkanes) is 1. The highest BCUT2D eigenvalue weighted by Gasteiger charge is 2.15. The van der Waals surface area contributed by atoms with Gasteiger partial charge in [0, 0.05) is 35.1 Å². The second-order valence-electron chi connectivity index (χ2n) is 11.2. The monoisotopic (exact) mass is 659 g/mol. The lowest BCUT2D eigenvalue weighted by Gasteiger charge is -2.13. The molecule has 4 rings (SSSR count). The van der Waals surface area contributed by atoms with Crippen LogP contribution in [0.15, 0.2) is 95.1 Å². The van der Waals surface area contributed by atoms with Crippen molar-refractivity contribution in [3.05, 3.63) is 96.6 Å². The molecule has 0 aliphatic heterocycles. The first kappa shape index (κ1) is 35.4. The predicted molar refractivity (Wildman–Crippen MR) is 191 cm³/mol. The minimum absolute atomic E-state index is 0.233. The van der Waals surface area contributed by atoms with Crippen LogP contribution in [0.5, 0.6) is 5.75 Å². The van der Waals surface area contributed by atoms with Crippen LogP contribution in [-0.2, 0) is 33.0 Å². The quantitative estimate of drug-likeness (QED) is 0.0498. The van der Waals surface area contributed by atoms with Gasteiger partial charge in [0.2, 0.25) is 5.91 Å². The molecule has 0 aliphatic rings. The number of ether oxygens (including phenoxy) is 2. The van der Waals surface area contributed by atoms with E-state index in [4.69, 9.17) is 9.47 Å². The van der Waals surface area contributed by atoms with E-state index in [1.807, 2.05) is 22.8 Å². The molecule has 9 heteroatoms. The van der Waals surface area contributed by atoms with Crippen molar-refractivity contribution < 1.29 is 18.8 Å². The second kappa shape index (κ2) is 18.6. The Kier molecular flexibility index (Phi) is 14.3. The van der Waals surface area contributed by atoms with Crippen LogP contribution in [0, 0.1) is 0 Å². The molecule has 0 aliphatic carbocycles. The fourth-order valence-electron chi connectivity index (χ4n) is 4.70. The Morgan fingerprint density at radius 2 is 1.76 bits per heavy atom. The average molecular weight is 660 g/mol. The summed E-state index contributed by atoms with van der Waals surface area (Å²) in [4.78, 5) is 18.9. The first-order chi connectivity index (χ1) is 22.4. The van der Waals surface area contributed by atoms with Crippen molar-refractivity contribution in [3.63, 3.8) is 0 Å². The maximum absolute atomic E-state index is 13.0. The largest absolute Gasteiger partial charge is 0.611 e. The van der Waals surface area contributed by atoms with E-state index in [0.717, 1.165) is 65.4 Å². The summed E-state index contributed by atoms with van der Waals surface area (Å²) in [5.74, 6) is 0.977. The van der Waals surface area contributed by atoms with Gasteiger partial charge in [-0.1, -0.05) is 52.3 Å². The van der Waals surface area contributed by atoms with Crippen molar-refractivity contribution in [1.29, 1.82) is 0 Å². The third kappa shape index (κ3) is 11.1. The van der Waals surface area contributed by atoms with E-state index in [9.17, 15) is 9.35 Å². The molecule has 7 nitrogen and oxygen atoms in total. The van der Waals surface area contributed by atoms with Gasteiger partial charge in [-0.05, 0) is 95.3 Å². The molecule has 0 fully saturated rings. The summed E-state index contributed by atoms with van der Waals surface area (Å²) < 4.78 is 26.4. The Morgan fingerprint density at radius 3 is 2.48 bits per heavy atom. The molecular weight excluding hydrogens is 615 g/mol. The number of anilines is 1. The molecule has 3 aromatic carbocycles. The van der Waals surface area contributed by atoms with Gasteiger partial charge < -0.3 is 23.9 Å². The first-order valence-corrected chi connectivity index (χ1v) is 18.1. The van der Waals surface area contributed by atoms with E-state index in [1.54, 1.807) is 54.6 Å². The molecule has 4 aromatic rings. The highest BCUT2D eigenvalue weighted by Crippen LogP contribution is 2.32. The Bertz CT molecular complexity index is 1540. The summed E-state index contributed by atoms with van der Waals surface area (Å²) in [6.07, 6.45) is 10.2. The number of nitrogens with one attached hydrogen (secondary N) is 1. The number of aromatic nitrogens is 2. The van der Waals surface area contributed by atoms with Gasteiger partial charge in [0.05, 0.1) is 24.8 Å². The lowest BCUT2D eigenvalue weighted by atomic mass is 10.0. The van der Waals surface area contributed by atoms with Gasteiger partial charge in [0.1, 0.15) is 12.4 Å². The number of aryl methyl sites for hydroxylation is 1. The SMILES string of the molecule is CCCCOCCOc1ccc(-c2ccc(SC(C)C)c(/C=C/C(=O)Nc3ccc([S+]([O-])Cc4cncn4CCC)cc3)c2)cc1. The van der Waals surface area contributed by atoms with Crippen LogP contribution in [0.25, 0.3) is 17.2 Å². The Balaban J connectivity index is 1.37. The van der Waals surface area contributed by atoms with Crippen molar-refractivity contribution in [2.24, 2.45) is 0 Å². The number of amides is 1. The summed E-state index contributed by atoms with van der Waals surface area (Å²) >= 11 is 0.554. The zero-order valence-corrected chi connectivity index (χ0v) is 28.9. The third-order valence-electron chi connectivity index (χ3n) is 7.04. The minimum atomic E-state index is -1.21. The second-order valence-corrected chi connectivity index (χ2v) is 14.2. The molecule has 1 aromatic heterocycles. The summed E-state index contributed by atoms with van der Waals surface area (Å²) in [5.41, 5.74) is 4.70. The summed E-state index contributed by atoms with van der Waals surface area (Å²) in [7, 11) is 0. The van der Waals surface area contributed by atoms with E-state index < -0.39 is 11.2 Å². The smallest absolute Gasteiger partial charge is 0.248 e. The van der Waals surface area contributed by atoms with Gasteiger partial charge in [0.25, 0.3) is 0 Å². The summed E-state index contributed by atoms with van der Waals surface area (Å²) in [6.45, 7) is 11.3. The van der Waals surface area contributed by atoms with Gasteiger partial charge >= 0.3 is 0 Å². The number of rotatable bonds is 18. The fraction of sp³-hybridized carbons (Fsp3) is 0.351. The van der Waals surface area contributed by atoms with E-state index in [1.165, 1.54) is 0 Å². The molecule has 0 radical (unpaired) electrons. The predicted octanol–water partition coefficient (Wildman–Crippen LogP) is 8.62. The number of thioether (sulfide) groups is 1. The molecule has 0 saturated heterocycles. The number of hydrogen-bond acceptors (Lipinski definition) is 6. The van der Waals surface area contributed by atoms with Gasteiger partial charge in [0.15, 0.2) is 10.6 Å². The normalized spacial score (nSPS) is 12.1. The highest BCUT2D eigenvalue weighted by atomic mass is 32.2. The van der Waals surface area contributed by atoms with Crippen molar-refractivity contribution >= 4 is 40.6 Å². The van der Waals surface area contributed by atoms with Crippen molar-refractivity contribution in [1.82, 2.24) is 9.55 Å². The lowest BCUT2D eigenvalue weighted by Crippen LogP contribution is -2.11. The molecule has 1 atom stereocenters. The van der Waals surface area contributed by atoms with Crippen LogP contribution in [0.3, 0.4) is 0 Å². The number of hydrogen-bond donors (Lipinski definition) is 1. The molecule has 0 spiro atoms. The molecular formula is C37H45N3O4S2. The van der Waals surface area contributed by atoms with Crippen LogP contribution in [0.4, 0.5) is 5.69 Å². The van der Waals surface area contributed by atoms with Crippen LogP contribution in [-0.4, -0.2) is 45.1 Å². The van der Waals surface area contributed by atoms with Crippen molar-refractivity contribution in [2.75, 3.05) is 25.1 Å². The summed E-state index contributed by atoms with van der Waals surface area (Å²) in [5, 5.41) is 3.32. The van der Waals surface area contributed by atoms with E-state index in [-0.39, 0.29) is 5.91 Å². The Hall–Kier alpha value is -3.50. The molecule has 1 unspecified atom stereocenters. The molecule has 1 amide bonds. The molecule has 1 heterocycles. The maximum Gasteiger partial charge on any atom is 0.248 e. The standard InChI is InChI=1S/C37H45N3O4S2/c1-5-7-21-43-22-23-44-34-14-8-29(9-15-34)30-10-18-36(45-28(3)4)31(24-30)11-19-37(41)39-32-12-16-35(17-13-32)46(42)26-33-25-38-27-40(33)20-6-2/h8-19,24-25,27-28H,5-7,20-23,26H2,1-4H3,(H,39,41)/b19-11+.